The van der Waals surface area contributed by atoms with E-state index in [0.717, 1.165) is 5.56 Å². The van der Waals surface area contributed by atoms with Crippen molar-refractivity contribution in [3.05, 3.63) is 41.1 Å². The molecule has 0 radical (unpaired) electrons. The highest BCUT2D eigenvalue weighted by Crippen LogP contribution is 1.93. The SMILES string of the molecule is CO/[N+]([O-])=C/c1ccccc1. The maximum atomic E-state index is 10.6. The number of rotatable bonds is 2. The first-order valence-corrected chi connectivity index (χ1v) is 3.23. The van der Waals surface area contributed by atoms with Gasteiger partial charge in [-0.25, -0.2) is 0 Å². The van der Waals surface area contributed by atoms with Gasteiger partial charge in [0.25, 0.3) is 0 Å². The van der Waals surface area contributed by atoms with Crippen molar-refractivity contribution in [3.63, 3.8) is 0 Å². The second-order valence-corrected chi connectivity index (χ2v) is 2.01. The minimum Gasteiger partial charge on any atom is -0.407 e. The van der Waals surface area contributed by atoms with Crippen molar-refractivity contribution < 1.29 is 9.74 Å². The van der Waals surface area contributed by atoms with Gasteiger partial charge in [-0.15, -0.1) is 0 Å². The summed E-state index contributed by atoms with van der Waals surface area (Å²) in [4.78, 5) is 4.79. The summed E-state index contributed by atoms with van der Waals surface area (Å²) in [6.45, 7) is 0. The fourth-order valence-electron chi connectivity index (χ4n) is 0.714. The van der Waals surface area contributed by atoms with Gasteiger partial charge in [-0.3, -0.25) is 5.21 Å². The molecule has 0 fully saturated rings. The number of benzene rings is 1. The maximum Gasteiger partial charge on any atom is 0.240 e. The third-order valence-corrected chi connectivity index (χ3v) is 1.23. The third-order valence-electron chi connectivity index (χ3n) is 1.23. The highest BCUT2D eigenvalue weighted by molar-refractivity contribution is 5.75. The Bertz CT molecular complexity index is 244. The van der Waals surface area contributed by atoms with Crippen LogP contribution in [0, 0.1) is 5.21 Å². The number of hydrogen-bond donors (Lipinski definition) is 0. The van der Waals surface area contributed by atoms with Crippen LogP contribution >= 0.6 is 0 Å². The summed E-state index contributed by atoms with van der Waals surface area (Å²) >= 11 is 0. The van der Waals surface area contributed by atoms with Crippen LogP contribution in [0.15, 0.2) is 30.3 Å². The third kappa shape index (κ3) is 2.29. The molecule has 0 amide bonds. The molecule has 0 N–H and O–H groups in total. The van der Waals surface area contributed by atoms with E-state index < -0.39 is 0 Å². The Labute approximate surface area is 65.1 Å². The Morgan fingerprint density at radius 3 is 2.55 bits per heavy atom. The van der Waals surface area contributed by atoms with E-state index in [1.807, 2.05) is 30.3 Å². The maximum absolute atomic E-state index is 10.6. The number of hydrogen-bond acceptors (Lipinski definition) is 2. The molecule has 3 heteroatoms. The lowest BCUT2D eigenvalue weighted by atomic mass is 10.2. The van der Waals surface area contributed by atoms with Crippen molar-refractivity contribution in [2.45, 2.75) is 0 Å². The fraction of sp³-hybridized carbons (Fsp3) is 0.125. The molecule has 0 aliphatic rings. The van der Waals surface area contributed by atoms with Crippen LogP contribution in [0.3, 0.4) is 0 Å². The average molecular weight is 151 g/mol. The first-order chi connectivity index (χ1) is 5.33. The Morgan fingerprint density at radius 2 is 2.00 bits per heavy atom. The minimum absolute atomic E-state index is 0.412. The summed E-state index contributed by atoms with van der Waals surface area (Å²) in [5.74, 6) is 0. The van der Waals surface area contributed by atoms with Crippen LogP contribution in [0.1, 0.15) is 5.56 Å². The summed E-state index contributed by atoms with van der Waals surface area (Å²) in [6, 6.07) is 9.25. The first-order valence-electron chi connectivity index (χ1n) is 3.23. The molecule has 1 aromatic carbocycles. The second-order valence-electron chi connectivity index (χ2n) is 2.01. The molecule has 3 nitrogen and oxygen atoms in total. The fourth-order valence-corrected chi connectivity index (χ4v) is 0.714. The smallest absolute Gasteiger partial charge is 0.240 e. The van der Waals surface area contributed by atoms with Gasteiger partial charge in [0.15, 0.2) is 0 Å². The minimum atomic E-state index is 0.412. The van der Waals surface area contributed by atoms with Crippen LogP contribution in [-0.4, -0.2) is 18.2 Å². The predicted molar refractivity (Wildman–Crippen MR) is 42.2 cm³/mol. The molecule has 1 rings (SSSR count). The summed E-state index contributed by atoms with van der Waals surface area (Å²) in [5.41, 5.74) is 0.823. The summed E-state index contributed by atoms with van der Waals surface area (Å²) in [6.07, 6.45) is 1.36. The van der Waals surface area contributed by atoms with E-state index in [1.54, 1.807) is 0 Å². The Hall–Kier alpha value is -1.51. The van der Waals surface area contributed by atoms with Gasteiger partial charge in [-0.2, -0.15) is 0 Å². The molecule has 11 heavy (non-hydrogen) atoms. The molecule has 0 saturated heterocycles. The van der Waals surface area contributed by atoms with Gasteiger partial charge in [-0.05, 0) is 12.1 Å². The van der Waals surface area contributed by atoms with Crippen LogP contribution in [0.25, 0.3) is 0 Å². The molecule has 1 aromatic rings. The molecule has 0 heterocycles. The predicted octanol–water partition coefficient (Wildman–Crippen LogP) is 1.18. The van der Waals surface area contributed by atoms with Gasteiger partial charge in [0.2, 0.25) is 6.21 Å². The molecule has 0 aliphatic carbocycles. The Balaban J connectivity index is 2.79. The van der Waals surface area contributed by atoms with Crippen LogP contribution in [-0.2, 0) is 4.84 Å². The Morgan fingerprint density at radius 1 is 1.36 bits per heavy atom. The lowest BCUT2D eigenvalue weighted by Crippen LogP contribution is -2.02. The van der Waals surface area contributed by atoms with Crippen molar-refractivity contribution in [3.8, 4) is 0 Å². The van der Waals surface area contributed by atoms with E-state index in [9.17, 15) is 5.21 Å². The number of nitrogens with zero attached hydrogens (tertiary/aromatic N) is 1. The highest BCUT2D eigenvalue weighted by Gasteiger charge is 1.91. The molecule has 0 aliphatic heterocycles. The molecule has 0 atom stereocenters. The van der Waals surface area contributed by atoms with Crippen molar-refractivity contribution >= 4 is 6.21 Å². The summed E-state index contributed by atoms with van der Waals surface area (Å²) in [7, 11) is 1.33. The van der Waals surface area contributed by atoms with E-state index >= 15 is 0 Å². The Kier molecular flexibility index (Phi) is 2.49. The van der Waals surface area contributed by atoms with Gasteiger partial charge in [0.05, 0.1) is 0 Å². The van der Waals surface area contributed by atoms with Gasteiger partial charge < -0.3 is 4.84 Å². The monoisotopic (exact) mass is 151 g/mol. The van der Waals surface area contributed by atoms with Gasteiger partial charge >= 0.3 is 0 Å². The zero-order valence-corrected chi connectivity index (χ0v) is 6.23. The van der Waals surface area contributed by atoms with E-state index in [2.05, 4.69) is 4.84 Å². The topological polar surface area (TPSA) is 35.3 Å². The molecule has 0 aromatic heterocycles. The van der Waals surface area contributed by atoms with Crippen LogP contribution in [0.5, 0.6) is 0 Å². The van der Waals surface area contributed by atoms with Crippen LogP contribution < -0.4 is 0 Å². The van der Waals surface area contributed by atoms with E-state index in [1.165, 1.54) is 13.3 Å². The van der Waals surface area contributed by atoms with Crippen molar-refractivity contribution in [2.75, 3.05) is 7.11 Å². The van der Waals surface area contributed by atoms with Crippen molar-refractivity contribution in [1.82, 2.24) is 0 Å². The van der Waals surface area contributed by atoms with Gasteiger partial charge in [0, 0.05) is 17.6 Å². The van der Waals surface area contributed by atoms with E-state index in [0.29, 0.717) is 4.90 Å². The highest BCUT2D eigenvalue weighted by atomic mass is 16.8. The molecule has 0 saturated carbocycles. The van der Waals surface area contributed by atoms with Crippen molar-refractivity contribution in [1.29, 1.82) is 0 Å². The molecule has 0 spiro atoms. The van der Waals surface area contributed by atoms with Crippen LogP contribution in [0.4, 0.5) is 0 Å². The lowest BCUT2D eigenvalue weighted by Gasteiger charge is -1.94. The second kappa shape index (κ2) is 3.61. The zero-order valence-electron chi connectivity index (χ0n) is 6.23. The average Bonchev–Trinajstić information content (AvgIpc) is 2.06. The summed E-state index contributed by atoms with van der Waals surface area (Å²) in [5, 5.41) is 10.6. The zero-order chi connectivity index (χ0) is 8.10. The van der Waals surface area contributed by atoms with Gasteiger partial charge in [-0.1, -0.05) is 18.2 Å². The molecular formula is C8H9NO2. The molecule has 58 valence electrons. The van der Waals surface area contributed by atoms with E-state index in [4.69, 9.17) is 0 Å². The normalized spacial score (nSPS) is 11.2. The van der Waals surface area contributed by atoms with Crippen LogP contribution in [0.2, 0.25) is 0 Å². The quantitative estimate of drug-likeness (QED) is 0.361. The standard InChI is InChI=1S/C8H9NO2/c1-11-9(10)7-8-5-3-2-4-6-8/h2-7H,1H3/b9-7+. The summed E-state index contributed by atoms with van der Waals surface area (Å²) < 4.78 is 0. The molecule has 0 unspecified atom stereocenters. The van der Waals surface area contributed by atoms with Crippen molar-refractivity contribution in [2.24, 2.45) is 0 Å². The lowest BCUT2D eigenvalue weighted by molar-refractivity contribution is -0.729. The first kappa shape index (κ1) is 7.60. The van der Waals surface area contributed by atoms with E-state index in [-0.39, 0.29) is 0 Å². The van der Waals surface area contributed by atoms with Gasteiger partial charge in [0.1, 0.15) is 0 Å². The molecule has 0 bridgehead atoms. The molecular weight excluding hydrogens is 142 g/mol. The largest absolute Gasteiger partial charge is 0.407 e.